The summed E-state index contributed by atoms with van der Waals surface area (Å²) in [5, 5.41) is 7.49. The molecule has 2 amide bonds. The van der Waals surface area contributed by atoms with Crippen molar-refractivity contribution in [3.63, 3.8) is 0 Å². The summed E-state index contributed by atoms with van der Waals surface area (Å²) in [6.45, 7) is 0.616. The number of carbonyl (C=O) groups excluding carboxylic acids is 2. The smallest absolute Gasteiger partial charge is 0.286 e. The highest BCUT2D eigenvalue weighted by Crippen LogP contribution is 2.29. The molecule has 3 N–H and O–H groups in total. The monoisotopic (exact) mass is 453 g/mol. The number of benzene rings is 2. The number of thioether (sulfide) groups is 1. The maximum Gasteiger partial charge on any atom is 0.286 e. The van der Waals surface area contributed by atoms with Crippen molar-refractivity contribution in [2.24, 2.45) is 5.14 Å². The van der Waals surface area contributed by atoms with Crippen molar-refractivity contribution in [3.05, 3.63) is 53.1 Å². The topological polar surface area (TPSA) is 110 Å². The van der Waals surface area contributed by atoms with Crippen molar-refractivity contribution < 1.29 is 18.0 Å². The molecule has 0 fully saturated rings. The summed E-state index contributed by atoms with van der Waals surface area (Å²) in [6.07, 6.45) is 2.84. The minimum absolute atomic E-state index is 0.0441. The predicted octanol–water partition coefficient (Wildman–Crippen LogP) is 3.62. The Morgan fingerprint density at radius 3 is 2.66 bits per heavy atom. The molecule has 3 rings (SSSR count). The third-order valence-electron chi connectivity index (χ3n) is 4.45. The van der Waals surface area contributed by atoms with E-state index in [2.05, 4.69) is 5.32 Å². The Morgan fingerprint density at radius 1 is 1.17 bits per heavy atom. The van der Waals surface area contributed by atoms with Crippen LogP contribution in [0.4, 0.5) is 16.2 Å². The second-order valence-corrected chi connectivity index (χ2v) is 9.42. The summed E-state index contributed by atoms with van der Waals surface area (Å²) >= 11 is 6.93. The molecule has 0 unspecified atom stereocenters. The van der Waals surface area contributed by atoms with Gasteiger partial charge in [0.25, 0.3) is 5.24 Å². The Balaban J connectivity index is 1.62. The Bertz CT molecular complexity index is 1040. The second kappa shape index (κ2) is 9.17. The standard InChI is InChI=1S/C19H20ClN3O4S2/c20-15-11-14(29(21,26)27)8-9-16(15)22-18(24)12-28-19(25)23-10-4-3-6-13-5-1-2-7-17(13)23/h1-2,5,7-9,11H,3-4,6,10,12H2,(H,22,24)(H2,21,26,27). The SMILES string of the molecule is NS(=O)(=O)c1ccc(NC(=O)CSC(=O)N2CCCCc3ccccc32)c(Cl)c1. The zero-order valence-corrected chi connectivity index (χ0v) is 17.8. The van der Waals surface area contributed by atoms with Crippen LogP contribution < -0.4 is 15.4 Å². The van der Waals surface area contributed by atoms with Gasteiger partial charge in [-0.1, -0.05) is 41.6 Å². The van der Waals surface area contributed by atoms with Gasteiger partial charge in [0.15, 0.2) is 0 Å². The lowest BCUT2D eigenvalue weighted by Gasteiger charge is -2.22. The summed E-state index contributed by atoms with van der Waals surface area (Å²) < 4.78 is 22.7. The highest BCUT2D eigenvalue weighted by molar-refractivity contribution is 8.14. The number of hydrogen-bond acceptors (Lipinski definition) is 5. The van der Waals surface area contributed by atoms with Gasteiger partial charge >= 0.3 is 0 Å². The van der Waals surface area contributed by atoms with Crippen molar-refractivity contribution >= 4 is 55.9 Å². The van der Waals surface area contributed by atoms with Crippen molar-refractivity contribution in [1.82, 2.24) is 0 Å². The highest BCUT2D eigenvalue weighted by atomic mass is 35.5. The Morgan fingerprint density at radius 2 is 1.93 bits per heavy atom. The molecule has 0 aliphatic carbocycles. The van der Waals surface area contributed by atoms with Gasteiger partial charge in [0.05, 0.1) is 21.4 Å². The Hall–Kier alpha value is -2.07. The molecular formula is C19H20ClN3O4S2. The first-order chi connectivity index (χ1) is 13.8. The molecule has 0 saturated carbocycles. The van der Waals surface area contributed by atoms with Crippen LogP contribution >= 0.6 is 23.4 Å². The van der Waals surface area contributed by atoms with Crippen molar-refractivity contribution in [1.29, 1.82) is 0 Å². The summed E-state index contributed by atoms with van der Waals surface area (Å²) in [5.74, 6) is -0.512. The molecule has 0 bridgehead atoms. The second-order valence-electron chi connectivity index (χ2n) is 6.53. The number of carbonyl (C=O) groups is 2. The van der Waals surface area contributed by atoms with Gasteiger partial charge in [-0.25, -0.2) is 13.6 Å². The number of hydrogen-bond donors (Lipinski definition) is 2. The number of rotatable bonds is 4. The number of anilines is 2. The van der Waals surface area contributed by atoms with Gasteiger partial charge in [0.1, 0.15) is 0 Å². The normalized spacial score (nSPS) is 14.1. The van der Waals surface area contributed by atoms with Gasteiger partial charge in [-0.3, -0.25) is 9.59 Å². The van der Waals surface area contributed by atoms with E-state index in [1.54, 1.807) is 4.90 Å². The van der Waals surface area contributed by atoms with E-state index in [1.807, 2.05) is 24.3 Å². The van der Waals surface area contributed by atoms with Crippen LogP contribution in [-0.4, -0.2) is 31.9 Å². The molecule has 1 heterocycles. The molecule has 2 aromatic carbocycles. The zero-order valence-electron chi connectivity index (χ0n) is 15.4. The van der Waals surface area contributed by atoms with Crippen LogP contribution in [0.2, 0.25) is 5.02 Å². The van der Waals surface area contributed by atoms with E-state index in [9.17, 15) is 18.0 Å². The molecule has 0 atom stereocenters. The van der Waals surface area contributed by atoms with Crippen molar-refractivity contribution in [3.8, 4) is 0 Å². The molecular weight excluding hydrogens is 434 g/mol. The van der Waals surface area contributed by atoms with Crippen LogP contribution in [0.15, 0.2) is 47.4 Å². The number of nitrogens with zero attached hydrogens (tertiary/aromatic N) is 1. The number of sulfonamides is 1. The van der Waals surface area contributed by atoms with Crippen LogP contribution in [0.5, 0.6) is 0 Å². The quantitative estimate of drug-likeness (QED) is 0.734. The fourth-order valence-corrected chi connectivity index (χ4v) is 4.55. The molecule has 0 spiro atoms. The van der Waals surface area contributed by atoms with Gasteiger partial charge in [0, 0.05) is 12.2 Å². The lowest BCUT2D eigenvalue weighted by Crippen LogP contribution is -2.29. The van der Waals surface area contributed by atoms with E-state index in [1.165, 1.54) is 18.2 Å². The molecule has 1 aliphatic rings. The van der Waals surface area contributed by atoms with Gasteiger partial charge in [0.2, 0.25) is 15.9 Å². The van der Waals surface area contributed by atoms with Crippen LogP contribution in [0.1, 0.15) is 18.4 Å². The lowest BCUT2D eigenvalue weighted by molar-refractivity contribution is -0.113. The predicted molar refractivity (Wildman–Crippen MR) is 116 cm³/mol. The molecule has 10 heteroatoms. The molecule has 154 valence electrons. The van der Waals surface area contributed by atoms with E-state index >= 15 is 0 Å². The fraction of sp³-hybridized carbons (Fsp3) is 0.263. The number of aryl methyl sites for hydroxylation is 1. The molecule has 0 radical (unpaired) electrons. The first-order valence-electron chi connectivity index (χ1n) is 8.90. The molecule has 0 aromatic heterocycles. The van der Waals surface area contributed by atoms with Crippen LogP contribution in [0.3, 0.4) is 0 Å². The fourth-order valence-electron chi connectivity index (χ4n) is 3.05. The van der Waals surface area contributed by atoms with E-state index in [4.69, 9.17) is 16.7 Å². The maximum atomic E-state index is 12.7. The van der Waals surface area contributed by atoms with Gasteiger partial charge in [-0.2, -0.15) is 0 Å². The van der Waals surface area contributed by atoms with Gasteiger partial charge in [-0.15, -0.1) is 0 Å². The van der Waals surface area contributed by atoms with E-state index < -0.39 is 15.9 Å². The van der Waals surface area contributed by atoms with E-state index in [0.29, 0.717) is 6.54 Å². The number of para-hydroxylation sites is 1. The van der Waals surface area contributed by atoms with Gasteiger partial charge < -0.3 is 10.2 Å². The number of halogens is 1. The molecule has 7 nitrogen and oxygen atoms in total. The average molecular weight is 454 g/mol. The van der Waals surface area contributed by atoms with Gasteiger partial charge in [-0.05, 0) is 49.1 Å². The first-order valence-corrected chi connectivity index (χ1v) is 11.8. The largest absolute Gasteiger partial charge is 0.324 e. The molecule has 29 heavy (non-hydrogen) atoms. The summed E-state index contributed by atoms with van der Waals surface area (Å²) in [6, 6.07) is 11.6. The third kappa shape index (κ3) is 5.51. The molecule has 1 aliphatic heterocycles. The molecule has 2 aromatic rings. The average Bonchev–Trinajstić information content (AvgIpc) is 2.89. The summed E-state index contributed by atoms with van der Waals surface area (Å²) in [4.78, 5) is 26.5. The minimum atomic E-state index is -3.88. The maximum absolute atomic E-state index is 12.7. The Labute approximate surface area is 178 Å². The van der Waals surface area contributed by atoms with Crippen LogP contribution in [0.25, 0.3) is 0 Å². The van der Waals surface area contributed by atoms with Crippen LogP contribution in [-0.2, 0) is 21.2 Å². The number of nitrogens with two attached hydrogens (primary N) is 1. The summed E-state index contributed by atoms with van der Waals surface area (Å²) in [7, 11) is -3.88. The van der Waals surface area contributed by atoms with E-state index in [0.717, 1.165) is 42.3 Å². The van der Waals surface area contributed by atoms with Crippen LogP contribution in [0, 0.1) is 0 Å². The third-order valence-corrected chi connectivity index (χ3v) is 6.55. The highest BCUT2D eigenvalue weighted by Gasteiger charge is 2.22. The molecule has 0 saturated heterocycles. The number of primary sulfonamides is 1. The number of fused-ring (bicyclic) bond motifs is 1. The first kappa shape index (κ1) is 21.6. The minimum Gasteiger partial charge on any atom is -0.324 e. The number of amides is 2. The van der Waals surface area contributed by atoms with E-state index in [-0.39, 0.29) is 26.6 Å². The van der Waals surface area contributed by atoms with Crippen molar-refractivity contribution in [2.75, 3.05) is 22.5 Å². The zero-order chi connectivity index (χ0) is 21.0. The number of nitrogens with one attached hydrogen (secondary N) is 1. The lowest BCUT2D eigenvalue weighted by atomic mass is 10.1. The van der Waals surface area contributed by atoms with Crippen molar-refractivity contribution in [2.45, 2.75) is 24.2 Å². The summed E-state index contributed by atoms with van der Waals surface area (Å²) in [5.41, 5.74) is 2.27. The Kier molecular flexibility index (Phi) is 6.84.